The highest BCUT2D eigenvalue weighted by Gasteiger charge is 2.37. The van der Waals surface area contributed by atoms with Crippen LogP contribution in [0.15, 0.2) is 24.3 Å². The minimum Gasteiger partial charge on any atom is -0.342 e. The molecule has 1 aromatic heterocycles. The molecule has 1 aromatic carbocycles. The fraction of sp³-hybridized carbons (Fsp3) is 0.600. The van der Waals surface area contributed by atoms with Crippen molar-refractivity contribution in [2.24, 2.45) is 18.9 Å². The highest BCUT2D eigenvalue weighted by Crippen LogP contribution is 2.33. The molecule has 4 rings (SSSR count). The zero-order valence-electron chi connectivity index (χ0n) is 15.2. The van der Waals surface area contributed by atoms with Crippen LogP contribution in [0.1, 0.15) is 38.4 Å². The van der Waals surface area contributed by atoms with Gasteiger partial charge in [0.2, 0.25) is 5.91 Å². The van der Waals surface area contributed by atoms with E-state index in [1.54, 1.807) is 0 Å². The lowest BCUT2D eigenvalue weighted by molar-refractivity contribution is -0.134. The van der Waals surface area contributed by atoms with Crippen LogP contribution in [0.4, 0.5) is 0 Å². The fourth-order valence-electron chi connectivity index (χ4n) is 4.08. The molecule has 0 spiro atoms. The first-order valence-corrected chi connectivity index (χ1v) is 9.60. The predicted molar refractivity (Wildman–Crippen MR) is 99.0 cm³/mol. The van der Waals surface area contributed by atoms with Gasteiger partial charge in [-0.1, -0.05) is 25.5 Å². The Labute approximate surface area is 149 Å². The highest BCUT2D eigenvalue weighted by molar-refractivity contribution is 5.81. The average Bonchev–Trinajstić information content (AvgIpc) is 3.44. The van der Waals surface area contributed by atoms with Crippen LogP contribution in [-0.4, -0.2) is 39.5 Å². The first kappa shape index (κ1) is 16.6. The summed E-state index contributed by atoms with van der Waals surface area (Å²) in [7, 11) is 2.08. The SMILES string of the molecule is CCC1CN(C(=O)C2CC2)CCC1NCc1nc2ccccc2n1C. The Morgan fingerprint density at radius 2 is 2.08 bits per heavy atom. The Morgan fingerprint density at radius 3 is 2.80 bits per heavy atom. The third kappa shape index (κ3) is 3.30. The van der Waals surface area contributed by atoms with E-state index >= 15 is 0 Å². The van der Waals surface area contributed by atoms with E-state index in [9.17, 15) is 4.79 Å². The second kappa shape index (κ2) is 6.79. The number of aryl methyl sites for hydroxylation is 1. The molecule has 5 nitrogen and oxygen atoms in total. The monoisotopic (exact) mass is 340 g/mol. The first-order chi connectivity index (χ1) is 12.2. The maximum atomic E-state index is 12.3. The summed E-state index contributed by atoms with van der Waals surface area (Å²) in [5.74, 6) is 2.34. The smallest absolute Gasteiger partial charge is 0.225 e. The number of para-hydroxylation sites is 2. The van der Waals surface area contributed by atoms with Crippen molar-refractivity contribution in [1.82, 2.24) is 19.8 Å². The molecule has 1 saturated heterocycles. The van der Waals surface area contributed by atoms with Gasteiger partial charge in [0.05, 0.1) is 17.6 Å². The Balaban J connectivity index is 1.40. The van der Waals surface area contributed by atoms with Crippen LogP contribution in [-0.2, 0) is 18.4 Å². The number of carbonyl (C=O) groups excluding carboxylic acids is 1. The number of carbonyl (C=O) groups is 1. The standard InChI is InChI=1S/C20H28N4O/c1-3-14-13-24(20(25)15-8-9-15)11-10-16(14)21-12-19-22-17-6-4-5-7-18(17)23(19)2/h4-7,14-16,21H,3,8-13H2,1-2H3. The molecule has 1 N–H and O–H groups in total. The minimum atomic E-state index is 0.335. The second-order valence-corrected chi connectivity index (χ2v) is 7.58. The van der Waals surface area contributed by atoms with Crippen molar-refractivity contribution in [3.8, 4) is 0 Å². The number of nitrogens with one attached hydrogen (secondary N) is 1. The van der Waals surface area contributed by atoms with Gasteiger partial charge in [-0.25, -0.2) is 4.98 Å². The van der Waals surface area contributed by atoms with Crippen molar-refractivity contribution in [3.05, 3.63) is 30.1 Å². The molecular weight excluding hydrogens is 312 g/mol. The molecule has 2 unspecified atom stereocenters. The van der Waals surface area contributed by atoms with Gasteiger partial charge in [0.15, 0.2) is 0 Å². The summed E-state index contributed by atoms with van der Waals surface area (Å²) in [6, 6.07) is 8.74. The molecule has 2 aliphatic rings. The number of likely N-dealkylation sites (tertiary alicyclic amines) is 1. The molecule has 2 fully saturated rings. The van der Waals surface area contributed by atoms with Gasteiger partial charge < -0.3 is 14.8 Å². The predicted octanol–water partition coefficient (Wildman–Crippen LogP) is 2.70. The van der Waals surface area contributed by atoms with Crippen molar-refractivity contribution in [2.45, 2.75) is 45.2 Å². The topological polar surface area (TPSA) is 50.2 Å². The number of fused-ring (bicyclic) bond motifs is 1. The quantitative estimate of drug-likeness (QED) is 0.910. The highest BCUT2D eigenvalue weighted by atomic mass is 16.2. The van der Waals surface area contributed by atoms with Crippen LogP contribution >= 0.6 is 0 Å². The maximum absolute atomic E-state index is 12.3. The van der Waals surface area contributed by atoms with Gasteiger partial charge in [0, 0.05) is 32.1 Å². The van der Waals surface area contributed by atoms with E-state index in [1.807, 2.05) is 6.07 Å². The van der Waals surface area contributed by atoms with Crippen molar-refractivity contribution < 1.29 is 4.79 Å². The van der Waals surface area contributed by atoms with Crippen molar-refractivity contribution in [2.75, 3.05) is 13.1 Å². The molecule has 0 bridgehead atoms. The summed E-state index contributed by atoms with van der Waals surface area (Å²) < 4.78 is 2.18. The molecule has 0 radical (unpaired) electrons. The molecule has 2 heterocycles. The van der Waals surface area contributed by atoms with E-state index in [0.29, 0.717) is 23.8 Å². The van der Waals surface area contributed by atoms with Crippen LogP contribution in [0.2, 0.25) is 0 Å². The molecule has 2 aromatic rings. The van der Waals surface area contributed by atoms with Gasteiger partial charge in [-0.05, 0) is 37.3 Å². The summed E-state index contributed by atoms with van der Waals surface area (Å²) in [6.45, 7) is 4.82. The van der Waals surface area contributed by atoms with Crippen molar-refractivity contribution in [1.29, 1.82) is 0 Å². The summed E-state index contributed by atoms with van der Waals surface area (Å²) >= 11 is 0. The van der Waals surface area contributed by atoms with E-state index in [0.717, 1.165) is 56.7 Å². The molecule has 134 valence electrons. The molecular formula is C20H28N4O. The number of piperidine rings is 1. The molecule has 1 saturated carbocycles. The average molecular weight is 340 g/mol. The number of amides is 1. The van der Waals surface area contributed by atoms with Gasteiger partial charge in [0.25, 0.3) is 0 Å². The lowest BCUT2D eigenvalue weighted by atomic mass is 9.89. The second-order valence-electron chi connectivity index (χ2n) is 7.58. The van der Waals surface area contributed by atoms with E-state index in [4.69, 9.17) is 4.98 Å². The van der Waals surface area contributed by atoms with Crippen LogP contribution in [0.5, 0.6) is 0 Å². The Hall–Kier alpha value is -1.88. The summed E-state index contributed by atoms with van der Waals surface area (Å²) in [5.41, 5.74) is 2.23. The summed E-state index contributed by atoms with van der Waals surface area (Å²) in [6.07, 6.45) is 4.34. The van der Waals surface area contributed by atoms with Crippen LogP contribution in [0.25, 0.3) is 11.0 Å². The maximum Gasteiger partial charge on any atom is 0.225 e. The lowest BCUT2D eigenvalue weighted by Crippen LogP contribution is -2.51. The van der Waals surface area contributed by atoms with E-state index in [2.05, 4.69) is 47.0 Å². The van der Waals surface area contributed by atoms with Gasteiger partial charge in [-0.3, -0.25) is 4.79 Å². The molecule has 1 amide bonds. The molecule has 1 aliphatic heterocycles. The summed E-state index contributed by atoms with van der Waals surface area (Å²) in [4.78, 5) is 19.2. The molecule has 2 atom stereocenters. The number of imidazole rings is 1. The fourth-order valence-corrected chi connectivity index (χ4v) is 4.08. The van der Waals surface area contributed by atoms with Crippen LogP contribution in [0.3, 0.4) is 0 Å². The number of aromatic nitrogens is 2. The molecule has 1 aliphatic carbocycles. The number of hydrogen-bond acceptors (Lipinski definition) is 3. The third-order valence-electron chi connectivity index (χ3n) is 5.90. The van der Waals surface area contributed by atoms with Gasteiger partial charge in [-0.2, -0.15) is 0 Å². The minimum absolute atomic E-state index is 0.335. The number of benzene rings is 1. The zero-order valence-corrected chi connectivity index (χ0v) is 15.2. The number of hydrogen-bond donors (Lipinski definition) is 1. The largest absolute Gasteiger partial charge is 0.342 e. The van der Waals surface area contributed by atoms with Gasteiger partial charge in [0.1, 0.15) is 5.82 Å². The number of rotatable bonds is 5. The van der Waals surface area contributed by atoms with E-state index < -0.39 is 0 Å². The Bertz CT molecular complexity index is 764. The normalized spacial score (nSPS) is 24.0. The van der Waals surface area contributed by atoms with Gasteiger partial charge in [-0.15, -0.1) is 0 Å². The van der Waals surface area contributed by atoms with E-state index in [-0.39, 0.29) is 0 Å². The third-order valence-corrected chi connectivity index (χ3v) is 5.90. The molecule has 5 heteroatoms. The van der Waals surface area contributed by atoms with E-state index in [1.165, 1.54) is 5.52 Å². The van der Waals surface area contributed by atoms with Gasteiger partial charge >= 0.3 is 0 Å². The Morgan fingerprint density at radius 1 is 1.28 bits per heavy atom. The molecule has 25 heavy (non-hydrogen) atoms. The van der Waals surface area contributed by atoms with Crippen molar-refractivity contribution >= 4 is 16.9 Å². The Kier molecular flexibility index (Phi) is 4.50. The van der Waals surface area contributed by atoms with Crippen LogP contribution in [0, 0.1) is 11.8 Å². The van der Waals surface area contributed by atoms with Crippen molar-refractivity contribution in [3.63, 3.8) is 0 Å². The number of nitrogens with zero attached hydrogens (tertiary/aromatic N) is 3. The summed E-state index contributed by atoms with van der Waals surface area (Å²) in [5, 5.41) is 3.72. The zero-order chi connectivity index (χ0) is 17.4. The first-order valence-electron chi connectivity index (χ1n) is 9.60. The van der Waals surface area contributed by atoms with Crippen LogP contribution < -0.4 is 5.32 Å². The lowest BCUT2D eigenvalue weighted by Gasteiger charge is -2.39.